The van der Waals surface area contributed by atoms with E-state index in [0.29, 0.717) is 0 Å². The molecule has 15 aromatic rings. The van der Waals surface area contributed by atoms with Gasteiger partial charge in [-0.25, -0.2) is 0 Å². The van der Waals surface area contributed by atoms with Crippen molar-refractivity contribution in [3.05, 3.63) is 360 Å². The van der Waals surface area contributed by atoms with Gasteiger partial charge in [-0.2, -0.15) is 0 Å². The summed E-state index contributed by atoms with van der Waals surface area (Å²) >= 11 is 1.91. The lowest BCUT2D eigenvalue weighted by atomic mass is 9.67. The summed E-state index contributed by atoms with van der Waals surface area (Å²) in [6.45, 7) is 0. The van der Waals surface area contributed by atoms with Crippen LogP contribution in [0.4, 0.5) is 0 Å². The summed E-state index contributed by atoms with van der Waals surface area (Å²) in [6.07, 6.45) is 0. The molecule has 0 radical (unpaired) electrons. The molecule has 0 amide bonds. The predicted molar refractivity (Wildman–Crippen MR) is 351 cm³/mol. The highest BCUT2D eigenvalue weighted by atomic mass is 32.1. The molecule has 386 valence electrons. The summed E-state index contributed by atoms with van der Waals surface area (Å²) in [7, 11) is 0. The first kappa shape index (κ1) is 47.6. The van der Waals surface area contributed by atoms with Crippen molar-refractivity contribution in [2.45, 2.75) is 10.8 Å². The highest BCUT2D eigenvalue weighted by Gasteiger charge is 2.47. The van der Waals surface area contributed by atoms with E-state index in [-0.39, 0.29) is 0 Å². The van der Waals surface area contributed by atoms with Crippen molar-refractivity contribution in [2.24, 2.45) is 0 Å². The average Bonchev–Trinajstić information content (AvgIpc) is 2.13. The summed E-state index contributed by atoms with van der Waals surface area (Å²) < 4.78 is 2.56. The van der Waals surface area contributed by atoms with Crippen molar-refractivity contribution in [2.75, 3.05) is 0 Å². The lowest BCUT2D eigenvalue weighted by Gasteiger charge is -2.34. The minimum atomic E-state index is -0.514. The van der Waals surface area contributed by atoms with Gasteiger partial charge in [-0.3, -0.25) is 0 Å². The van der Waals surface area contributed by atoms with E-state index in [4.69, 9.17) is 0 Å². The molecule has 0 bridgehead atoms. The molecule has 17 rings (SSSR count). The topological polar surface area (TPSA) is 0 Å². The molecular weight excluding hydrogens is 1020 g/mol. The molecular formula is C82H52S. The van der Waals surface area contributed by atoms with E-state index < -0.39 is 10.8 Å². The molecule has 0 spiro atoms. The van der Waals surface area contributed by atoms with E-state index in [1.54, 1.807) is 0 Å². The zero-order chi connectivity index (χ0) is 54.6. The molecule has 0 nitrogen and oxygen atoms in total. The Bertz CT molecular complexity index is 4970. The van der Waals surface area contributed by atoms with Crippen molar-refractivity contribution in [1.82, 2.24) is 0 Å². The van der Waals surface area contributed by atoms with Crippen LogP contribution in [0.15, 0.2) is 315 Å². The van der Waals surface area contributed by atoms with Crippen LogP contribution in [0, 0.1) is 0 Å². The predicted octanol–water partition coefficient (Wildman–Crippen LogP) is 21.8. The van der Waals surface area contributed by atoms with Gasteiger partial charge in [-0.1, -0.05) is 273 Å². The standard InChI is InChI=1S/C82H52S/c1-5-22-60(23-6-1)81(61-24-7-2-8-25-61)75-35-19-17-33-67(75)69-44-41-56(51-77(69)81)55-43-46-79-73(47-55)74-50-59(49-72(80(74)83-79)54-39-37-53(38-40-54)71-48-58-21-13-14-30-64(58)65-31-15-16-32-66(65)71)57-42-45-70-68-34-18-20-36-76(68)82(78(70)52-57,62-26-9-3-10-27-62)63-28-11-4-12-29-63/h1-52H. The Morgan fingerprint density at radius 2 is 0.602 bits per heavy atom. The van der Waals surface area contributed by atoms with Crippen LogP contribution in [-0.2, 0) is 10.8 Å². The SMILES string of the molecule is c1ccc(C2(c3ccccc3)c3ccccc3-c3ccc(-c4ccc5sc6c(-c7ccc(-c8cc9ccccc9c9ccccc89)cc7)cc(-c7ccc8c(c7)C(c7ccccc7)(c7ccccc7)c7ccccc7-8)cc6c5c4)cc32)cc1. The van der Waals surface area contributed by atoms with Crippen LogP contribution in [0.2, 0.25) is 0 Å². The van der Waals surface area contributed by atoms with Gasteiger partial charge >= 0.3 is 0 Å². The van der Waals surface area contributed by atoms with Crippen LogP contribution in [0.5, 0.6) is 0 Å². The molecule has 0 atom stereocenters. The number of benzene rings is 14. The molecule has 0 saturated carbocycles. The minimum Gasteiger partial charge on any atom is -0.135 e. The third-order valence-corrected chi connectivity index (χ3v) is 19.6. The number of hydrogen-bond acceptors (Lipinski definition) is 1. The van der Waals surface area contributed by atoms with Crippen LogP contribution in [-0.4, -0.2) is 0 Å². The lowest BCUT2D eigenvalue weighted by molar-refractivity contribution is 0.769. The van der Waals surface area contributed by atoms with Crippen LogP contribution in [0.1, 0.15) is 44.5 Å². The summed E-state index contributed by atoms with van der Waals surface area (Å²) in [5, 5.41) is 7.61. The van der Waals surface area contributed by atoms with Crippen molar-refractivity contribution < 1.29 is 0 Å². The quantitative estimate of drug-likeness (QED) is 0.133. The van der Waals surface area contributed by atoms with E-state index in [1.807, 2.05) is 11.3 Å². The molecule has 0 N–H and O–H groups in total. The Morgan fingerprint density at radius 3 is 1.16 bits per heavy atom. The maximum absolute atomic E-state index is 2.52. The number of thiophene rings is 1. The van der Waals surface area contributed by atoms with Gasteiger partial charge in [0.2, 0.25) is 0 Å². The van der Waals surface area contributed by atoms with Gasteiger partial charge in [0.15, 0.2) is 0 Å². The van der Waals surface area contributed by atoms with Gasteiger partial charge in [-0.05, 0) is 170 Å². The van der Waals surface area contributed by atoms with E-state index in [2.05, 4.69) is 315 Å². The minimum absolute atomic E-state index is 0.486. The Labute approximate surface area is 487 Å². The Morgan fingerprint density at radius 1 is 0.205 bits per heavy atom. The Balaban J connectivity index is 0.878. The van der Waals surface area contributed by atoms with Gasteiger partial charge in [0, 0.05) is 25.7 Å². The first-order chi connectivity index (χ1) is 41.1. The highest BCUT2D eigenvalue weighted by molar-refractivity contribution is 7.26. The van der Waals surface area contributed by atoms with Crippen molar-refractivity contribution in [3.63, 3.8) is 0 Å². The maximum Gasteiger partial charge on any atom is 0.0713 e. The molecule has 0 aliphatic heterocycles. The summed E-state index contributed by atoms with van der Waals surface area (Å²) in [6, 6.07) is 119. The number of fused-ring (bicyclic) bond motifs is 12. The Hall–Kier alpha value is -10.2. The summed E-state index contributed by atoms with van der Waals surface area (Å²) in [5.74, 6) is 0. The first-order valence-corrected chi connectivity index (χ1v) is 29.7. The van der Waals surface area contributed by atoms with E-state index in [0.717, 1.165) is 0 Å². The normalized spacial score (nSPS) is 13.5. The van der Waals surface area contributed by atoms with Gasteiger partial charge in [0.05, 0.1) is 10.8 Å². The molecule has 14 aromatic carbocycles. The molecule has 2 aliphatic rings. The number of hydrogen-bond donors (Lipinski definition) is 0. The smallest absolute Gasteiger partial charge is 0.0713 e. The Kier molecular flexibility index (Phi) is 10.7. The van der Waals surface area contributed by atoms with Crippen molar-refractivity contribution in [1.29, 1.82) is 0 Å². The van der Waals surface area contributed by atoms with Gasteiger partial charge in [-0.15, -0.1) is 11.3 Å². The van der Waals surface area contributed by atoms with E-state index in [1.165, 1.54) is 153 Å². The maximum atomic E-state index is 2.52. The molecule has 0 saturated heterocycles. The second kappa shape index (κ2) is 18.7. The first-order valence-electron chi connectivity index (χ1n) is 28.9. The van der Waals surface area contributed by atoms with Gasteiger partial charge in [0.1, 0.15) is 0 Å². The third kappa shape index (κ3) is 7.05. The fourth-order valence-corrected chi connectivity index (χ4v) is 16.0. The van der Waals surface area contributed by atoms with E-state index >= 15 is 0 Å². The molecule has 0 fully saturated rings. The third-order valence-electron chi connectivity index (χ3n) is 18.4. The van der Waals surface area contributed by atoms with Crippen LogP contribution in [0.25, 0.3) is 108 Å². The largest absolute Gasteiger partial charge is 0.135 e. The summed E-state index contributed by atoms with van der Waals surface area (Å²) in [5.41, 5.74) is 24.2. The zero-order valence-corrected chi connectivity index (χ0v) is 46.2. The monoisotopic (exact) mass is 1070 g/mol. The second-order valence-corrected chi connectivity index (χ2v) is 23.6. The zero-order valence-electron chi connectivity index (χ0n) is 45.4. The number of rotatable bonds is 8. The van der Waals surface area contributed by atoms with Gasteiger partial charge < -0.3 is 0 Å². The molecule has 83 heavy (non-hydrogen) atoms. The summed E-state index contributed by atoms with van der Waals surface area (Å²) in [4.78, 5) is 0. The van der Waals surface area contributed by atoms with Crippen LogP contribution >= 0.6 is 11.3 Å². The molecule has 1 heteroatoms. The fraction of sp³-hybridized carbons (Fsp3) is 0.0244. The van der Waals surface area contributed by atoms with Crippen molar-refractivity contribution >= 4 is 53.1 Å². The molecule has 1 heterocycles. The van der Waals surface area contributed by atoms with Crippen LogP contribution in [0.3, 0.4) is 0 Å². The average molecular weight is 1070 g/mol. The molecule has 1 aromatic heterocycles. The molecule has 0 unspecified atom stereocenters. The fourth-order valence-electron chi connectivity index (χ4n) is 14.8. The highest BCUT2D eigenvalue weighted by Crippen LogP contribution is 2.59. The van der Waals surface area contributed by atoms with Crippen molar-refractivity contribution in [3.8, 4) is 66.8 Å². The van der Waals surface area contributed by atoms with Gasteiger partial charge in [0.25, 0.3) is 0 Å². The second-order valence-electron chi connectivity index (χ2n) is 22.6. The molecule has 2 aliphatic carbocycles. The van der Waals surface area contributed by atoms with E-state index in [9.17, 15) is 0 Å². The van der Waals surface area contributed by atoms with Crippen LogP contribution < -0.4 is 0 Å². The lowest BCUT2D eigenvalue weighted by Crippen LogP contribution is -2.28.